The maximum atomic E-state index is 6.14. The molecule has 5 rings (SSSR count). The van der Waals surface area contributed by atoms with Crippen LogP contribution < -0.4 is 25.9 Å². The van der Waals surface area contributed by atoms with E-state index in [0.717, 1.165) is 39.4 Å². The second kappa shape index (κ2) is 4.70. The maximum absolute atomic E-state index is 6.14. The highest BCUT2D eigenvalue weighted by Gasteiger charge is 2.39. The Kier molecular flexibility index (Phi) is 2.73. The van der Waals surface area contributed by atoms with E-state index in [0.29, 0.717) is 10.0 Å². The average Bonchev–Trinajstić information content (AvgIpc) is 2.54. The second-order valence-electron chi connectivity index (χ2n) is 5.67. The summed E-state index contributed by atoms with van der Waals surface area (Å²) in [6.45, 7) is 0.0585. The summed E-state index contributed by atoms with van der Waals surface area (Å²) in [6.07, 6.45) is 0. The van der Waals surface area contributed by atoms with E-state index in [4.69, 9.17) is 32.7 Å². The molecule has 23 heavy (non-hydrogen) atoms. The molecule has 0 unspecified atom stereocenters. The summed E-state index contributed by atoms with van der Waals surface area (Å²) in [5.74, 6) is 3.19. The Bertz CT molecular complexity index is 897. The van der Waals surface area contributed by atoms with E-state index in [2.05, 4.69) is 0 Å². The average molecular weight is 339 g/mol. The van der Waals surface area contributed by atoms with Crippen LogP contribution in [0, 0.1) is 0 Å². The van der Waals surface area contributed by atoms with Gasteiger partial charge in [0.1, 0.15) is 23.0 Å². The van der Waals surface area contributed by atoms with Crippen molar-refractivity contribution in [2.45, 2.75) is 0 Å². The van der Waals surface area contributed by atoms with Gasteiger partial charge in [0, 0.05) is 15.5 Å². The van der Waals surface area contributed by atoms with Gasteiger partial charge in [-0.2, -0.15) is 0 Å². The summed E-state index contributed by atoms with van der Waals surface area (Å²) in [5, 5.41) is 1.32. The molecule has 0 saturated carbocycles. The lowest BCUT2D eigenvalue weighted by molar-refractivity contribution is 0.464. The van der Waals surface area contributed by atoms with Crippen LogP contribution in [0.1, 0.15) is 0 Å². The first-order chi connectivity index (χ1) is 11.2. The molecule has 2 aliphatic rings. The van der Waals surface area contributed by atoms with Crippen molar-refractivity contribution in [1.29, 1.82) is 0 Å². The highest BCUT2D eigenvalue weighted by Crippen LogP contribution is 2.35. The van der Waals surface area contributed by atoms with Crippen molar-refractivity contribution >= 4 is 46.3 Å². The third-order valence-corrected chi connectivity index (χ3v) is 4.80. The molecular weight excluding hydrogens is 330 g/mol. The monoisotopic (exact) mass is 338 g/mol. The number of halogens is 2. The van der Waals surface area contributed by atoms with Crippen molar-refractivity contribution in [3.05, 3.63) is 64.6 Å². The van der Waals surface area contributed by atoms with Crippen LogP contribution >= 0.6 is 23.2 Å². The van der Waals surface area contributed by atoms with Gasteiger partial charge in [0.15, 0.2) is 0 Å². The predicted octanol–water partition coefficient (Wildman–Crippen LogP) is 3.72. The number of fused-ring (bicyclic) bond motifs is 4. The van der Waals surface area contributed by atoms with Gasteiger partial charge in [0.25, 0.3) is 6.71 Å². The largest absolute Gasteiger partial charge is 0.458 e. The lowest BCUT2D eigenvalue weighted by Crippen LogP contribution is -2.57. The van der Waals surface area contributed by atoms with Crippen LogP contribution in [0.3, 0.4) is 0 Å². The van der Waals surface area contributed by atoms with E-state index in [1.165, 1.54) is 0 Å². The summed E-state index contributed by atoms with van der Waals surface area (Å²) in [6, 6.07) is 17.4. The molecule has 2 aliphatic heterocycles. The van der Waals surface area contributed by atoms with Gasteiger partial charge in [-0.1, -0.05) is 41.4 Å². The van der Waals surface area contributed by atoms with Gasteiger partial charge in [0.2, 0.25) is 0 Å². The Balaban J connectivity index is 1.84. The van der Waals surface area contributed by atoms with Crippen LogP contribution in [0.5, 0.6) is 23.0 Å². The number of ether oxygens (including phenoxy) is 2. The fraction of sp³-hybridized carbons (Fsp3) is 0. The Morgan fingerprint density at radius 2 is 1.17 bits per heavy atom. The van der Waals surface area contributed by atoms with Crippen LogP contribution in [0.2, 0.25) is 10.0 Å². The van der Waals surface area contributed by atoms with Crippen LogP contribution in [0.4, 0.5) is 0 Å². The smallest absolute Gasteiger partial charge is 0.260 e. The van der Waals surface area contributed by atoms with Crippen molar-refractivity contribution < 1.29 is 9.47 Å². The fourth-order valence-electron chi connectivity index (χ4n) is 3.37. The molecule has 3 aromatic rings. The van der Waals surface area contributed by atoms with Crippen LogP contribution in [-0.4, -0.2) is 6.71 Å². The minimum atomic E-state index is 0.0585. The first-order valence-electron chi connectivity index (χ1n) is 7.28. The van der Waals surface area contributed by atoms with Crippen LogP contribution in [-0.2, 0) is 0 Å². The summed E-state index contributed by atoms with van der Waals surface area (Å²) in [4.78, 5) is 0. The Hall–Kier alpha value is -2.10. The molecule has 0 atom stereocenters. The minimum absolute atomic E-state index is 0.0585. The maximum Gasteiger partial charge on any atom is 0.260 e. The Labute approximate surface area is 143 Å². The van der Waals surface area contributed by atoms with Gasteiger partial charge in [-0.15, -0.1) is 0 Å². The standard InChI is InChI=1S/C18H9BCl2O2/c20-10-4-6-12-16(8-10)22-14-2-1-3-15-18(14)19(12)13-7-5-11(21)9-17(13)23-15/h1-9H. The van der Waals surface area contributed by atoms with Crippen LogP contribution in [0.25, 0.3) is 0 Å². The molecule has 0 bridgehead atoms. The molecule has 0 saturated heterocycles. The summed E-state index contributed by atoms with van der Waals surface area (Å²) in [5.41, 5.74) is 3.22. The summed E-state index contributed by atoms with van der Waals surface area (Å²) in [7, 11) is 0. The molecule has 0 amide bonds. The number of hydrogen-bond donors (Lipinski definition) is 0. The van der Waals surface area contributed by atoms with E-state index in [9.17, 15) is 0 Å². The third kappa shape index (κ3) is 1.90. The minimum Gasteiger partial charge on any atom is -0.458 e. The summed E-state index contributed by atoms with van der Waals surface area (Å²) >= 11 is 12.3. The molecule has 0 fully saturated rings. The predicted molar refractivity (Wildman–Crippen MR) is 94.2 cm³/mol. The zero-order valence-corrected chi connectivity index (χ0v) is 13.4. The number of benzene rings is 3. The molecule has 2 heterocycles. The third-order valence-electron chi connectivity index (χ3n) is 4.33. The molecule has 0 aliphatic carbocycles. The lowest BCUT2D eigenvalue weighted by Gasteiger charge is -2.32. The molecule has 3 aromatic carbocycles. The van der Waals surface area contributed by atoms with E-state index in [1.54, 1.807) is 0 Å². The lowest BCUT2D eigenvalue weighted by atomic mass is 9.35. The van der Waals surface area contributed by atoms with Crippen LogP contribution in [0.15, 0.2) is 54.6 Å². The van der Waals surface area contributed by atoms with Gasteiger partial charge < -0.3 is 9.47 Å². The Morgan fingerprint density at radius 3 is 1.70 bits per heavy atom. The SMILES string of the molecule is Clc1ccc2c(c1)Oc1cccc3c1B2c1ccc(Cl)cc1O3. The first-order valence-corrected chi connectivity index (χ1v) is 8.04. The molecule has 0 aromatic heterocycles. The molecule has 0 radical (unpaired) electrons. The topological polar surface area (TPSA) is 18.5 Å². The van der Waals surface area contributed by atoms with Gasteiger partial charge in [-0.3, -0.25) is 0 Å². The van der Waals surface area contributed by atoms with E-state index in [1.807, 2.05) is 54.6 Å². The van der Waals surface area contributed by atoms with Crippen molar-refractivity contribution in [2.75, 3.05) is 0 Å². The van der Waals surface area contributed by atoms with E-state index >= 15 is 0 Å². The normalized spacial score (nSPS) is 13.4. The van der Waals surface area contributed by atoms with Gasteiger partial charge in [0.05, 0.1) is 0 Å². The second-order valence-corrected chi connectivity index (χ2v) is 6.54. The Morgan fingerprint density at radius 1 is 0.652 bits per heavy atom. The number of hydrogen-bond acceptors (Lipinski definition) is 2. The van der Waals surface area contributed by atoms with Gasteiger partial charge >= 0.3 is 0 Å². The first kappa shape index (κ1) is 13.4. The molecule has 110 valence electrons. The van der Waals surface area contributed by atoms with Gasteiger partial charge in [-0.25, -0.2) is 0 Å². The van der Waals surface area contributed by atoms with Crippen molar-refractivity contribution in [3.63, 3.8) is 0 Å². The molecule has 5 heteroatoms. The quantitative estimate of drug-likeness (QED) is 0.401. The summed E-state index contributed by atoms with van der Waals surface area (Å²) < 4.78 is 12.1. The van der Waals surface area contributed by atoms with Crippen molar-refractivity contribution in [3.8, 4) is 23.0 Å². The highest BCUT2D eigenvalue weighted by atomic mass is 35.5. The molecule has 2 nitrogen and oxygen atoms in total. The molecule has 0 N–H and O–H groups in total. The zero-order valence-electron chi connectivity index (χ0n) is 11.8. The van der Waals surface area contributed by atoms with Gasteiger partial charge in [-0.05, 0) is 47.3 Å². The molecule has 0 spiro atoms. The highest BCUT2D eigenvalue weighted by molar-refractivity contribution is 6.98. The van der Waals surface area contributed by atoms with Crippen molar-refractivity contribution in [1.82, 2.24) is 0 Å². The zero-order chi connectivity index (χ0) is 15.6. The fourth-order valence-corrected chi connectivity index (χ4v) is 3.70. The van der Waals surface area contributed by atoms with Crippen molar-refractivity contribution in [2.24, 2.45) is 0 Å². The van der Waals surface area contributed by atoms with E-state index < -0.39 is 0 Å². The number of rotatable bonds is 0. The molecular formula is C18H9BCl2O2. The van der Waals surface area contributed by atoms with E-state index in [-0.39, 0.29) is 6.71 Å².